The number of amides is 1. The summed E-state index contributed by atoms with van der Waals surface area (Å²) in [6.45, 7) is 1.92. The maximum absolute atomic E-state index is 12.7. The van der Waals surface area contributed by atoms with Crippen molar-refractivity contribution in [3.05, 3.63) is 71.3 Å². The summed E-state index contributed by atoms with van der Waals surface area (Å²) in [5, 5.41) is 10.4. The summed E-state index contributed by atoms with van der Waals surface area (Å²) in [4.78, 5) is 30.7. The minimum absolute atomic E-state index is 0.138. The average molecular weight is 352 g/mol. The minimum Gasteiger partial charge on any atom is -0.503 e. The highest BCUT2D eigenvalue weighted by Gasteiger charge is 2.43. The Bertz CT molecular complexity index is 861. The van der Waals surface area contributed by atoms with E-state index in [9.17, 15) is 14.7 Å². The van der Waals surface area contributed by atoms with Gasteiger partial charge in [-0.3, -0.25) is 14.6 Å². The SMILES string of the molecule is CCC(=O)C1=C(O)C(=O)N(Cc2ccccc2OC)C1c1ccncc1. The number of aliphatic hydroxyl groups is 1. The quantitative estimate of drug-likeness (QED) is 0.864. The van der Waals surface area contributed by atoms with E-state index in [-0.39, 0.29) is 24.3 Å². The van der Waals surface area contributed by atoms with Crippen LogP contribution in [0.2, 0.25) is 0 Å². The maximum atomic E-state index is 12.7. The second-order valence-electron chi connectivity index (χ2n) is 5.97. The number of para-hydroxylation sites is 1. The van der Waals surface area contributed by atoms with E-state index in [4.69, 9.17) is 4.74 Å². The molecular formula is C20H20N2O4. The summed E-state index contributed by atoms with van der Waals surface area (Å²) in [7, 11) is 1.56. The summed E-state index contributed by atoms with van der Waals surface area (Å²) < 4.78 is 5.36. The van der Waals surface area contributed by atoms with Gasteiger partial charge in [0, 0.05) is 24.4 Å². The van der Waals surface area contributed by atoms with Crippen LogP contribution in [0.3, 0.4) is 0 Å². The number of hydrogen-bond donors (Lipinski definition) is 1. The van der Waals surface area contributed by atoms with Crippen molar-refractivity contribution >= 4 is 11.7 Å². The molecule has 1 aliphatic heterocycles. The van der Waals surface area contributed by atoms with Crippen molar-refractivity contribution in [3.8, 4) is 5.75 Å². The van der Waals surface area contributed by atoms with Crippen LogP contribution < -0.4 is 4.74 Å². The lowest BCUT2D eigenvalue weighted by Crippen LogP contribution is -2.30. The zero-order valence-electron chi connectivity index (χ0n) is 14.7. The molecular weight excluding hydrogens is 332 g/mol. The molecule has 0 radical (unpaired) electrons. The number of methoxy groups -OCH3 is 1. The van der Waals surface area contributed by atoms with E-state index in [1.165, 1.54) is 4.90 Å². The summed E-state index contributed by atoms with van der Waals surface area (Å²) in [5.74, 6) is -0.646. The Labute approximate surface area is 151 Å². The Morgan fingerprint density at radius 3 is 2.58 bits per heavy atom. The molecule has 2 heterocycles. The van der Waals surface area contributed by atoms with Crippen molar-refractivity contribution in [2.45, 2.75) is 25.9 Å². The monoisotopic (exact) mass is 352 g/mol. The van der Waals surface area contributed by atoms with Crippen LogP contribution in [0.15, 0.2) is 60.1 Å². The molecule has 1 unspecified atom stereocenters. The van der Waals surface area contributed by atoms with Crippen LogP contribution in [0, 0.1) is 0 Å². The third kappa shape index (κ3) is 3.06. The molecule has 2 aromatic rings. The normalized spacial score (nSPS) is 16.9. The van der Waals surface area contributed by atoms with Crippen molar-refractivity contribution in [2.75, 3.05) is 7.11 Å². The van der Waals surface area contributed by atoms with Crippen molar-refractivity contribution in [3.63, 3.8) is 0 Å². The van der Waals surface area contributed by atoms with Crippen LogP contribution in [-0.4, -0.2) is 33.8 Å². The fourth-order valence-corrected chi connectivity index (χ4v) is 3.20. The van der Waals surface area contributed by atoms with Crippen LogP contribution in [0.5, 0.6) is 5.75 Å². The van der Waals surface area contributed by atoms with Crippen LogP contribution in [-0.2, 0) is 16.1 Å². The zero-order chi connectivity index (χ0) is 18.7. The number of carbonyl (C=O) groups is 2. The summed E-state index contributed by atoms with van der Waals surface area (Å²) in [6, 6.07) is 10.2. The van der Waals surface area contributed by atoms with Crippen LogP contribution in [0.1, 0.15) is 30.5 Å². The smallest absolute Gasteiger partial charge is 0.290 e. The first kappa shape index (κ1) is 17.7. The number of pyridine rings is 1. The van der Waals surface area contributed by atoms with Crippen LogP contribution >= 0.6 is 0 Å². The van der Waals surface area contributed by atoms with Gasteiger partial charge in [0.1, 0.15) is 5.75 Å². The first-order valence-electron chi connectivity index (χ1n) is 8.37. The lowest BCUT2D eigenvalue weighted by atomic mass is 9.95. The molecule has 1 N–H and O–H groups in total. The number of aromatic nitrogens is 1. The molecule has 0 saturated heterocycles. The Morgan fingerprint density at radius 2 is 1.92 bits per heavy atom. The van der Waals surface area contributed by atoms with Gasteiger partial charge in [0.25, 0.3) is 5.91 Å². The van der Waals surface area contributed by atoms with E-state index in [0.717, 1.165) is 11.1 Å². The predicted molar refractivity (Wildman–Crippen MR) is 95.5 cm³/mol. The molecule has 1 aromatic carbocycles. The standard InChI is InChI=1S/C20H20N2O4/c1-3-15(23)17-18(13-8-10-21-11-9-13)22(20(25)19(17)24)12-14-6-4-5-7-16(14)26-2/h4-11,18,24H,3,12H2,1-2H3. The summed E-state index contributed by atoms with van der Waals surface area (Å²) >= 11 is 0. The maximum Gasteiger partial charge on any atom is 0.290 e. The molecule has 6 heteroatoms. The fourth-order valence-electron chi connectivity index (χ4n) is 3.20. The van der Waals surface area contributed by atoms with Crippen LogP contribution in [0.25, 0.3) is 0 Å². The summed E-state index contributed by atoms with van der Waals surface area (Å²) in [6.07, 6.45) is 3.41. The minimum atomic E-state index is -0.650. The van der Waals surface area contributed by atoms with Gasteiger partial charge in [-0.05, 0) is 23.8 Å². The third-order valence-electron chi connectivity index (χ3n) is 4.48. The predicted octanol–water partition coefficient (Wildman–Crippen LogP) is 2.96. The molecule has 6 nitrogen and oxygen atoms in total. The Kier molecular flexibility index (Phi) is 5.02. The highest BCUT2D eigenvalue weighted by atomic mass is 16.5. The van der Waals surface area contributed by atoms with E-state index in [1.54, 1.807) is 38.6 Å². The first-order valence-corrected chi connectivity index (χ1v) is 8.37. The van der Waals surface area contributed by atoms with Crippen molar-refractivity contribution in [2.24, 2.45) is 0 Å². The van der Waals surface area contributed by atoms with Crippen molar-refractivity contribution in [1.29, 1.82) is 0 Å². The molecule has 1 aromatic heterocycles. The molecule has 3 rings (SSSR count). The Balaban J connectivity index is 2.06. The van der Waals surface area contributed by atoms with Gasteiger partial charge in [-0.1, -0.05) is 25.1 Å². The number of ether oxygens (including phenoxy) is 1. The number of ketones is 1. The van der Waals surface area contributed by atoms with Gasteiger partial charge < -0.3 is 14.7 Å². The number of aliphatic hydroxyl groups excluding tert-OH is 1. The third-order valence-corrected chi connectivity index (χ3v) is 4.48. The van der Waals surface area contributed by atoms with Crippen LogP contribution in [0.4, 0.5) is 0 Å². The van der Waals surface area contributed by atoms with Gasteiger partial charge in [0.15, 0.2) is 11.5 Å². The van der Waals surface area contributed by atoms with Crippen molar-refractivity contribution in [1.82, 2.24) is 9.88 Å². The van der Waals surface area contributed by atoms with E-state index in [2.05, 4.69) is 4.98 Å². The lowest BCUT2D eigenvalue weighted by molar-refractivity contribution is -0.130. The number of rotatable bonds is 6. The molecule has 1 aliphatic rings. The highest BCUT2D eigenvalue weighted by molar-refractivity contribution is 6.08. The van der Waals surface area contributed by atoms with Gasteiger partial charge in [-0.2, -0.15) is 0 Å². The van der Waals surface area contributed by atoms with E-state index in [1.807, 2.05) is 24.3 Å². The van der Waals surface area contributed by atoms with Crippen molar-refractivity contribution < 1.29 is 19.4 Å². The number of benzene rings is 1. The number of carbonyl (C=O) groups excluding carboxylic acids is 2. The van der Waals surface area contributed by atoms with Gasteiger partial charge in [0.05, 0.1) is 25.3 Å². The highest BCUT2D eigenvalue weighted by Crippen LogP contribution is 2.39. The van der Waals surface area contributed by atoms with E-state index in [0.29, 0.717) is 5.75 Å². The topological polar surface area (TPSA) is 79.7 Å². The molecule has 26 heavy (non-hydrogen) atoms. The molecule has 0 aliphatic carbocycles. The molecule has 1 atom stereocenters. The first-order chi connectivity index (χ1) is 12.6. The van der Waals surface area contributed by atoms with Gasteiger partial charge in [0.2, 0.25) is 0 Å². The molecule has 0 spiro atoms. The van der Waals surface area contributed by atoms with Gasteiger partial charge in [-0.15, -0.1) is 0 Å². The Morgan fingerprint density at radius 1 is 1.23 bits per heavy atom. The molecule has 134 valence electrons. The second kappa shape index (κ2) is 7.39. The van der Waals surface area contributed by atoms with E-state index >= 15 is 0 Å². The van der Waals surface area contributed by atoms with E-state index < -0.39 is 17.7 Å². The molecule has 1 amide bonds. The zero-order valence-corrected chi connectivity index (χ0v) is 14.7. The number of hydrogen-bond acceptors (Lipinski definition) is 5. The number of nitrogens with zero attached hydrogens (tertiary/aromatic N) is 2. The largest absolute Gasteiger partial charge is 0.503 e. The Hall–Kier alpha value is -3.15. The number of Topliss-reactive ketones (excluding diaryl/α,β-unsaturated/α-hetero) is 1. The fraction of sp³-hybridized carbons (Fsp3) is 0.250. The average Bonchev–Trinajstić information content (AvgIpc) is 2.93. The van der Waals surface area contributed by atoms with Gasteiger partial charge in [-0.25, -0.2) is 0 Å². The lowest BCUT2D eigenvalue weighted by Gasteiger charge is -2.27. The summed E-state index contributed by atoms with van der Waals surface area (Å²) in [5.41, 5.74) is 1.66. The molecule has 0 fully saturated rings. The molecule has 0 bridgehead atoms. The second-order valence-corrected chi connectivity index (χ2v) is 5.97. The van der Waals surface area contributed by atoms with Gasteiger partial charge >= 0.3 is 0 Å². The molecule has 0 saturated carbocycles.